The molecule has 0 aliphatic heterocycles. The van der Waals surface area contributed by atoms with E-state index in [1.54, 1.807) is 13.2 Å². The first-order valence-electron chi connectivity index (χ1n) is 7.53. The third-order valence-electron chi connectivity index (χ3n) is 3.39. The predicted octanol–water partition coefficient (Wildman–Crippen LogP) is 5.36. The minimum Gasteiger partial charge on any atom is -0.496 e. The highest BCUT2D eigenvalue weighted by Crippen LogP contribution is 2.32. The summed E-state index contributed by atoms with van der Waals surface area (Å²) in [6.07, 6.45) is 0. The van der Waals surface area contributed by atoms with Gasteiger partial charge in [0.05, 0.1) is 17.3 Å². The summed E-state index contributed by atoms with van der Waals surface area (Å²) in [6, 6.07) is 13.1. The molecule has 0 saturated heterocycles. The van der Waals surface area contributed by atoms with Crippen LogP contribution in [0.15, 0.2) is 56.8 Å². The number of halogens is 2. The number of nitrogens with zero attached hydrogens (tertiary/aromatic N) is 1. The first-order chi connectivity index (χ1) is 12.6. The second kappa shape index (κ2) is 8.66. The number of rotatable bonds is 6. The summed E-state index contributed by atoms with van der Waals surface area (Å²) in [6.45, 7) is -0.107. The number of aromatic nitrogens is 1. The Morgan fingerprint density at radius 3 is 2.77 bits per heavy atom. The Hall–Kier alpha value is -1.90. The van der Waals surface area contributed by atoms with Gasteiger partial charge in [0.2, 0.25) is 0 Å². The van der Waals surface area contributed by atoms with Crippen molar-refractivity contribution in [1.82, 2.24) is 4.98 Å². The standard InChI is InChI=1S/C18H14Br2N2O3S/c1-24-15-5-3-2-4-12(15)14-10-26-18(21-14)22-17(23)9-25-16-7-6-11(19)8-13(16)20/h2-8,10H,9H2,1H3,(H,21,22,23). The topological polar surface area (TPSA) is 60.5 Å². The smallest absolute Gasteiger partial charge is 0.264 e. The Kier molecular flexibility index (Phi) is 6.29. The van der Waals surface area contributed by atoms with E-state index in [1.807, 2.05) is 41.8 Å². The van der Waals surface area contributed by atoms with Gasteiger partial charge in [-0.2, -0.15) is 0 Å². The highest BCUT2D eigenvalue weighted by atomic mass is 79.9. The number of methoxy groups -OCH3 is 1. The van der Waals surface area contributed by atoms with Crippen molar-refractivity contribution < 1.29 is 14.3 Å². The van der Waals surface area contributed by atoms with Crippen molar-refractivity contribution in [3.05, 3.63) is 56.8 Å². The summed E-state index contributed by atoms with van der Waals surface area (Å²) in [4.78, 5) is 16.6. The van der Waals surface area contributed by atoms with E-state index in [1.165, 1.54) is 11.3 Å². The number of hydrogen-bond donors (Lipinski definition) is 1. The molecule has 26 heavy (non-hydrogen) atoms. The second-order valence-electron chi connectivity index (χ2n) is 5.15. The van der Waals surface area contributed by atoms with E-state index in [0.717, 1.165) is 26.0 Å². The van der Waals surface area contributed by atoms with Crippen LogP contribution in [-0.4, -0.2) is 24.6 Å². The number of amides is 1. The monoisotopic (exact) mass is 496 g/mol. The van der Waals surface area contributed by atoms with Crippen LogP contribution in [0.3, 0.4) is 0 Å². The van der Waals surface area contributed by atoms with Gasteiger partial charge in [-0.15, -0.1) is 11.3 Å². The van der Waals surface area contributed by atoms with Crippen LogP contribution in [0.25, 0.3) is 11.3 Å². The average molecular weight is 498 g/mol. The molecule has 0 radical (unpaired) electrons. The molecule has 0 spiro atoms. The van der Waals surface area contributed by atoms with Crippen LogP contribution in [0, 0.1) is 0 Å². The number of anilines is 1. The van der Waals surface area contributed by atoms with Crippen molar-refractivity contribution in [3.63, 3.8) is 0 Å². The lowest BCUT2D eigenvalue weighted by Gasteiger charge is -2.08. The zero-order valence-electron chi connectivity index (χ0n) is 13.7. The summed E-state index contributed by atoms with van der Waals surface area (Å²) >= 11 is 8.12. The Balaban J connectivity index is 1.62. The molecule has 0 unspecified atom stereocenters. The van der Waals surface area contributed by atoms with Gasteiger partial charge in [0.1, 0.15) is 11.5 Å². The van der Waals surface area contributed by atoms with Gasteiger partial charge in [-0.3, -0.25) is 10.1 Å². The van der Waals surface area contributed by atoms with Crippen molar-refractivity contribution in [2.75, 3.05) is 19.0 Å². The fraction of sp³-hybridized carbons (Fsp3) is 0.111. The maximum atomic E-state index is 12.1. The van der Waals surface area contributed by atoms with Crippen LogP contribution in [0.4, 0.5) is 5.13 Å². The maximum absolute atomic E-state index is 12.1. The van der Waals surface area contributed by atoms with Gasteiger partial charge < -0.3 is 9.47 Å². The van der Waals surface area contributed by atoms with Crippen molar-refractivity contribution in [1.29, 1.82) is 0 Å². The van der Waals surface area contributed by atoms with Gasteiger partial charge in [-0.1, -0.05) is 28.1 Å². The van der Waals surface area contributed by atoms with Crippen LogP contribution < -0.4 is 14.8 Å². The van der Waals surface area contributed by atoms with Gasteiger partial charge in [0, 0.05) is 15.4 Å². The second-order valence-corrected chi connectivity index (χ2v) is 7.78. The van der Waals surface area contributed by atoms with E-state index in [0.29, 0.717) is 10.9 Å². The number of thiazole rings is 1. The lowest BCUT2D eigenvalue weighted by molar-refractivity contribution is -0.118. The first kappa shape index (κ1) is 18.9. The Morgan fingerprint density at radius 1 is 1.19 bits per heavy atom. The summed E-state index contributed by atoms with van der Waals surface area (Å²) in [5.41, 5.74) is 1.63. The van der Waals surface area contributed by atoms with Gasteiger partial charge in [-0.05, 0) is 46.3 Å². The van der Waals surface area contributed by atoms with Crippen molar-refractivity contribution in [2.24, 2.45) is 0 Å². The molecule has 0 bridgehead atoms. The quantitative estimate of drug-likeness (QED) is 0.497. The molecule has 2 aromatic carbocycles. The number of ether oxygens (including phenoxy) is 2. The van der Waals surface area contributed by atoms with Gasteiger partial charge in [-0.25, -0.2) is 4.98 Å². The third kappa shape index (κ3) is 4.63. The predicted molar refractivity (Wildman–Crippen MR) is 110 cm³/mol. The molecule has 8 heteroatoms. The molecule has 0 saturated carbocycles. The van der Waals surface area contributed by atoms with E-state index in [-0.39, 0.29) is 12.5 Å². The van der Waals surface area contributed by atoms with Crippen LogP contribution >= 0.6 is 43.2 Å². The molecular weight excluding hydrogens is 484 g/mol. The van der Waals surface area contributed by atoms with Crippen LogP contribution in [-0.2, 0) is 4.79 Å². The number of benzene rings is 2. The fourth-order valence-corrected chi connectivity index (χ4v) is 4.09. The summed E-state index contributed by atoms with van der Waals surface area (Å²) in [7, 11) is 1.62. The minimum atomic E-state index is -0.277. The largest absolute Gasteiger partial charge is 0.496 e. The number of para-hydroxylation sites is 1. The summed E-state index contributed by atoms with van der Waals surface area (Å²) in [5, 5.41) is 5.13. The highest BCUT2D eigenvalue weighted by molar-refractivity contribution is 9.11. The molecule has 0 atom stereocenters. The van der Waals surface area contributed by atoms with E-state index in [4.69, 9.17) is 9.47 Å². The van der Waals surface area contributed by atoms with Crippen molar-refractivity contribution in [2.45, 2.75) is 0 Å². The Morgan fingerprint density at radius 2 is 2.00 bits per heavy atom. The molecule has 5 nitrogen and oxygen atoms in total. The molecule has 1 N–H and O–H groups in total. The molecule has 3 rings (SSSR count). The van der Waals surface area contributed by atoms with Crippen molar-refractivity contribution >= 4 is 54.2 Å². The molecule has 134 valence electrons. The van der Waals surface area contributed by atoms with E-state index < -0.39 is 0 Å². The zero-order chi connectivity index (χ0) is 18.5. The average Bonchev–Trinajstić information content (AvgIpc) is 3.09. The van der Waals surface area contributed by atoms with Gasteiger partial charge in [0.25, 0.3) is 5.91 Å². The van der Waals surface area contributed by atoms with Crippen LogP contribution in [0.1, 0.15) is 0 Å². The summed E-state index contributed by atoms with van der Waals surface area (Å²) < 4.78 is 12.6. The van der Waals surface area contributed by atoms with E-state index >= 15 is 0 Å². The Bertz CT molecular complexity index is 930. The fourth-order valence-electron chi connectivity index (χ4n) is 2.20. The lowest BCUT2D eigenvalue weighted by atomic mass is 10.1. The van der Waals surface area contributed by atoms with Gasteiger partial charge in [0.15, 0.2) is 11.7 Å². The molecule has 0 fully saturated rings. The lowest BCUT2D eigenvalue weighted by Crippen LogP contribution is -2.20. The minimum absolute atomic E-state index is 0.107. The summed E-state index contributed by atoms with van der Waals surface area (Å²) in [5.74, 6) is 1.05. The number of hydrogen-bond acceptors (Lipinski definition) is 5. The van der Waals surface area contributed by atoms with E-state index in [9.17, 15) is 4.79 Å². The molecule has 1 amide bonds. The molecular formula is C18H14Br2N2O3S. The van der Waals surface area contributed by atoms with Crippen LogP contribution in [0.2, 0.25) is 0 Å². The third-order valence-corrected chi connectivity index (χ3v) is 5.26. The number of carbonyl (C=O) groups excluding carboxylic acids is 1. The van der Waals surface area contributed by atoms with Crippen molar-refractivity contribution in [3.8, 4) is 22.8 Å². The molecule has 1 heterocycles. The molecule has 0 aliphatic rings. The molecule has 0 aliphatic carbocycles. The number of nitrogens with one attached hydrogen (secondary N) is 1. The van der Waals surface area contributed by atoms with E-state index in [2.05, 4.69) is 42.2 Å². The van der Waals surface area contributed by atoms with Gasteiger partial charge >= 0.3 is 0 Å². The zero-order valence-corrected chi connectivity index (χ0v) is 17.7. The molecule has 3 aromatic rings. The first-order valence-corrected chi connectivity index (χ1v) is 10.00. The molecule has 1 aromatic heterocycles. The normalized spacial score (nSPS) is 10.4. The highest BCUT2D eigenvalue weighted by Gasteiger charge is 2.12. The SMILES string of the molecule is COc1ccccc1-c1csc(NC(=O)COc2ccc(Br)cc2Br)n1. The maximum Gasteiger partial charge on any atom is 0.264 e. The van der Waals surface area contributed by atoms with Crippen LogP contribution in [0.5, 0.6) is 11.5 Å². The Labute approximate surface area is 171 Å². The number of carbonyl (C=O) groups is 1.